The van der Waals surface area contributed by atoms with Gasteiger partial charge in [-0.3, -0.25) is 4.79 Å². The van der Waals surface area contributed by atoms with Gasteiger partial charge in [-0.05, 0) is 6.42 Å². The van der Waals surface area contributed by atoms with E-state index in [-0.39, 0.29) is 18.3 Å². The zero-order chi connectivity index (χ0) is 10.3. The normalized spacial score (nSPS) is 11.9. The summed E-state index contributed by atoms with van der Waals surface area (Å²) in [5.41, 5.74) is -0.245. The molecular formula is C8H9FO4. The van der Waals surface area contributed by atoms with E-state index in [2.05, 4.69) is 0 Å². The maximum atomic E-state index is 11.4. The molecule has 0 aromatic carbocycles. The van der Waals surface area contributed by atoms with Crippen molar-refractivity contribution in [1.82, 2.24) is 0 Å². The highest BCUT2D eigenvalue weighted by atomic mass is 19.1. The number of hydrogen-bond donors (Lipinski definition) is 2. The van der Waals surface area contributed by atoms with Gasteiger partial charge in [0.1, 0.15) is 0 Å². The molecular weight excluding hydrogens is 179 g/mol. The van der Waals surface area contributed by atoms with Crippen LogP contribution >= 0.6 is 0 Å². The quantitative estimate of drug-likeness (QED) is 0.638. The predicted molar refractivity (Wildman–Crippen MR) is 42.8 cm³/mol. The Bertz CT molecular complexity index is 255. The van der Waals surface area contributed by atoms with Crippen molar-refractivity contribution in [2.75, 3.05) is 0 Å². The fourth-order valence-electron chi connectivity index (χ4n) is 0.660. The first kappa shape index (κ1) is 11.4. The van der Waals surface area contributed by atoms with Crippen molar-refractivity contribution < 1.29 is 24.2 Å². The molecule has 0 aliphatic heterocycles. The van der Waals surface area contributed by atoms with Gasteiger partial charge in [0.25, 0.3) is 0 Å². The van der Waals surface area contributed by atoms with Crippen LogP contribution in [0.1, 0.15) is 12.8 Å². The van der Waals surface area contributed by atoms with E-state index in [9.17, 15) is 14.0 Å². The SMILES string of the molecule is O=C(O)CC(=CCC=CF)C(=O)O. The molecule has 13 heavy (non-hydrogen) atoms. The Labute approximate surface area is 74.0 Å². The first-order valence-corrected chi connectivity index (χ1v) is 3.47. The number of carboxylic acids is 2. The van der Waals surface area contributed by atoms with Gasteiger partial charge in [-0.1, -0.05) is 12.2 Å². The van der Waals surface area contributed by atoms with Crippen molar-refractivity contribution in [3.63, 3.8) is 0 Å². The fourth-order valence-corrected chi connectivity index (χ4v) is 0.660. The van der Waals surface area contributed by atoms with Crippen LogP contribution in [0.2, 0.25) is 0 Å². The summed E-state index contributed by atoms with van der Waals surface area (Å²) in [6.45, 7) is 0. The van der Waals surface area contributed by atoms with Crippen molar-refractivity contribution in [3.05, 3.63) is 24.1 Å². The minimum atomic E-state index is -1.30. The van der Waals surface area contributed by atoms with E-state index in [0.717, 1.165) is 12.2 Å². The summed E-state index contributed by atoms with van der Waals surface area (Å²) in [5, 5.41) is 16.8. The van der Waals surface area contributed by atoms with Gasteiger partial charge in [0, 0.05) is 5.57 Å². The lowest BCUT2D eigenvalue weighted by atomic mass is 10.1. The molecule has 4 nitrogen and oxygen atoms in total. The molecule has 0 aliphatic rings. The van der Waals surface area contributed by atoms with Crippen LogP contribution in [0.3, 0.4) is 0 Å². The summed E-state index contributed by atoms with van der Waals surface area (Å²) < 4.78 is 11.4. The average Bonchev–Trinajstić information content (AvgIpc) is 2.02. The standard InChI is InChI=1S/C8H9FO4/c9-4-2-1-3-6(8(12)13)5-7(10)11/h2-4H,1,5H2,(H,10,11)(H,12,13). The molecule has 0 atom stereocenters. The Morgan fingerprint density at radius 1 is 1.31 bits per heavy atom. The van der Waals surface area contributed by atoms with Gasteiger partial charge < -0.3 is 10.2 Å². The van der Waals surface area contributed by atoms with E-state index in [4.69, 9.17) is 10.2 Å². The van der Waals surface area contributed by atoms with Gasteiger partial charge in [-0.25, -0.2) is 9.18 Å². The first-order valence-electron chi connectivity index (χ1n) is 3.47. The second-order valence-corrected chi connectivity index (χ2v) is 2.20. The number of allylic oxidation sites excluding steroid dienone is 2. The predicted octanol–water partition coefficient (Wildman–Crippen LogP) is 1.35. The molecule has 5 heteroatoms. The van der Waals surface area contributed by atoms with Crippen molar-refractivity contribution in [2.24, 2.45) is 0 Å². The van der Waals surface area contributed by atoms with Crippen molar-refractivity contribution >= 4 is 11.9 Å². The van der Waals surface area contributed by atoms with Crippen LogP contribution in [0, 0.1) is 0 Å². The molecule has 0 rings (SSSR count). The van der Waals surface area contributed by atoms with Crippen molar-refractivity contribution in [3.8, 4) is 0 Å². The summed E-state index contributed by atoms with van der Waals surface area (Å²) in [7, 11) is 0. The van der Waals surface area contributed by atoms with Gasteiger partial charge in [-0.2, -0.15) is 0 Å². The molecule has 0 aliphatic carbocycles. The van der Waals surface area contributed by atoms with Crippen LogP contribution in [0.25, 0.3) is 0 Å². The van der Waals surface area contributed by atoms with Gasteiger partial charge in [0.05, 0.1) is 12.8 Å². The number of carbonyl (C=O) groups is 2. The lowest BCUT2D eigenvalue weighted by Crippen LogP contribution is -2.06. The molecule has 0 amide bonds. The molecule has 0 radical (unpaired) electrons. The van der Waals surface area contributed by atoms with Crippen LogP contribution in [-0.2, 0) is 9.59 Å². The maximum absolute atomic E-state index is 11.4. The number of aliphatic carboxylic acids is 2. The third kappa shape index (κ3) is 5.60. The van der Waals surface area contributed by atoms with Crippen LogP contribution in [0.4, 0.5) is 4.39 Å². The van der Waals surface area contributed by atoms with E-state index in [1.54, 1.807) is 0 Å². The largest absolute Gasteiger partial charge is 0.481 e. The van der Waals surface area contributed by atoms with Crippen LogP contribution < -0.4 is 0 Å². The van der Waals surface area contributed by atoms with Crippen LogP contribution in [-0.4, -0.2) is 22.2 Å². The Morgan fingerprint density at radius 2 is 1.92 bits per heavy atom. The molecule has 0 bridgehead atoms. The van der Waals surface area contributed by atoms with Gasteiger partial charge in [0.2, 0.25) is 0 Å². The van der Waals surface area contributed by atoms with Crippen LogP contribution in [0.5, 0.6) is 0 Å². The topological polar surface area (TPSA) is 74.6 Å². The van der Waals surface area contributed by atoms with E-state index in [1.807, 2.05) is 0 Å². The summed E-state index contributed by atoms with van der Waals surface area (Å²) in [6, 6.07) is 0. The molecule has 0 aromatic rings. The molecule has 0 unspecified atom stereocenters. The highest BCUT2D eigenvalue weighted by Crippen LogP contribution is 2.03. The van der Waals surface area contributed by atoms with Crippen molar-refractivity contribution in [2.45, 2.75) is 12.8 Å². The van der Waals surface area contributed by atoms with Gasteiger partial charge >= 0.3 is 11.9 Å². The Balaban J connectivity index is 4.32. The highest BCUT2D eigenvalue weighted by molar-refractivity contribution is 5.92. The number of hydrogen-bond acceptors (Lipinski definition) is 2. The third-order valence-electron chi connectivity index (χ3n) is 1.21. The molecule has 0 aromatic heterocycles. The lowest BCUT2D eigenvalue weighted by Gasteiger charge is -1.95. The van der Waals surface area contributed by atoms with Gasteiger partial charge in [-0.15, -0.1) is 0 Å². The van der Waals surface area contributed by atoms with Gasteiger partial charge in [0.15, 0.2) is 0 Å². The molecule has 0 saturated carbocycles. The zero-order valence-electron chi connectivity index (χ0n) is 6.74. The maximum Gasteiger partial charge on any atom is 0.331 e. The van der Waals surface area contributed by atoms with Crippen molar-refractivity contribution in [1.29, 1.82) is 0 Å². The summed E-state index contributed by atoms with van der Waals surface area (Å²) in [4.78, 5) is 20.5. The fraction of sp³-hybridized carbons (Fsp3) is 0.250. The number of rotatable bonds is 5. The molecule has 0 saturated heterocycles. The van der Waals surface area contributed by atoms with E-state index < -0.39 is 18.4 Å². The minimum Gasteiger partial charge on any atom is -0.481 e. The first-order chi connectivity index (χ1) is 6.07. The Kier molecular flexibility index (Phi) is 5.18. The lowest BCUT2D eigenvalue weighted by molar-refractivity contribution is -0.139. The van der Waals surface area contributed by atoms with E-state index >= 15 is 0 Å². The molecule has 0 heterocycles. The molecule has 0 fully saturated rings. The molecule has 0 spiro atoms. The third-order valence-corrected chi connectivity index (χ3v) is 1.21. The molecule has 2 N–H and O–H groups in total. The highest BCUT2D eigenvalue weighted by Gasteiger charge is 2.10. The number of carboxylic acid groups (broad SMARTS) is 2. The zero-order valence-corrected chi connectivity index (χ0v) is 6.74. The second kappa shape index (κ2) is 5.93. The second-order valence-electron chi connectivity index (χ2n) is 2.20. The number of halogens is 1. The van der Waals surface area contributed by atoms with Crippen LogP contribution in [0.15, 0.2) is 24.1 Å². The molecule has 72 valence electrons. The van der Waals surface area contributed by atoms with E-state index in [1.165, 1.54) is 0 Å². The average molecular weight is 188 g/mol. The Morgan fingerprint density at radius 3 is 2.31 bits per heavy atom. The summed E-state index contributed by atoms with van der Waals surface area (Å²) in [5.74, 6) is -2.52. The summed E-state index contributed by atoms with van der Waals surface area (Å²) in [6.07, 6.45) is 2.04. The van der Waals surface area contributed by atoms with E-state index in [0.29, 0.717) is 0 Å². The smallest absolute Gasteiger partial charge is 0.331 e. The summed E-state index contributed by atoms with van der Waals surface area (Å²) >= 11 is 0. The monoisotopic (exact) mass is 188 g/mol. The Hall–Kier alpha value is -1.65. The minimum absolute atomic E-state index is 0.0748.